The van der Waals surface area contributed by atoms with Gasteiger partial charge in [-0.1, -0.05) is 26.7 Å². The average molecular weight is 547 g/mol. The van der Waals surface area contributed by atoms with Crippen LogP contribution in [-0.4, -0.2) is 72.9 Å². The zero-order chi connectivity index (χ0) is 27.9. The largest absolute Gasteiger partial charge is 0.465 e. The fourth-order valence-electron chi connectivity index (χ4n) is 2.67. The van der Waals surface area contributed by atoms with Crippen molar-refractivity contribution in [3.05, 3.63) is 0 Å². The van der Waals surface area contributed by atoms with E-state index in [-0.39, 0.29) is 6.54 Å². The molecule has 0 aliphatic rings. The van der Waals surface area contributed by atoms with Gasteiger partial charge in [-0.3, -0.25) is 4.79 Å². The van der Waals surface area contributed by atoms with Crippen molar-refractivity contribution in [2.45, 2.75) is 88.2 Å². The Morgan fingerprint density at radius 1 is 0.657 bits per heavy atom. The van der Waals surface area contributed by atoms with Crippen LogP contribution in [-0.2, 0) is 9.53 Å². The number of carbonyl (C=O) groups excluding carboxylic acids is 1. The summed E-state index contributed by atoms with van der Waals surface area (Å²) in [6.45, 7) is 3.28. The van der Waals surface area contributed by atoms with E-state index in [9.17, 15) is 61.9 Å². The Labute approximate surface area is 192 Å². The smallest absolute Gasteiger partial charge is 0.460 e. The lowest BCUT2D eigenvalue weighted by atomic mass is 9.93. The Kier molecular flexibility index (Phi) is 11.7. The first-order chi connectivity index (χ1) is 15.6. The Bertz CT molecular complexity index is 658. The highest BCUT2D eigenvalue weighted by Gasteiger charge is 2.90. The van der Waals surface area contributed by atoms with Crippen LogP contribution in [0.2, 0.25) is 0 Å². The molecule has 0 aliphatic carbocycles. The lowest BCUT2D eigenvalue weighted by Crippen LogP contribution is -2.70. The number of esters is 1. The van der Waals surface area contributed by atoms with Gasteiger partial charge in [0.2, 0.25) is 0 Å². The third-order valence-corrected chi connectivity index (χ3v) is 4.97. The minimum Gasteiger partial charge on any atom is -0.465 e. The Balaban J connectivity index is 5.25. The number of ether oxygens (including phenoxy) is 1. The topological polar surface area (TPSA) is 29.5 Å². The van der Waals surface area contributed by atoms with Crippen molar-refractivity contribution in [1.82, 2.24) is 4.90 Å². The highest BCUT2D eigenvalue weighted by molar-refractivity contribution is 5.69. The van der Waals surface area contributed by atoms with Gasteiger partial charge in [-0.05, 0) is 25.9 Å². The van der Waals surface area contributed by atoms with Crippen molar-refractivity contribution >= 4 is 5.97 Å². The molecule has 35 heavy (non-hydrogen) atoms. The molecule has 0 atom stereocenters. The van der Waals surface area contributed by atoms with E-state index < -0.39 is 61.2 Å². The molecule has 0 unspecified atom stereocenters. The predicted molar refractivity (Wildman–Crippen MR) is 97.2 cm³/mol. The van der Waals surface area contributed by atoms with E-state index in [1.165, 1.54) is 0 Å². The average Bonchev–Trinajstić information content (AvgIpc) is 2.71. The molecule has 16 heteroatoms. The highest BCUT2D eigenvalue weighted by Crippen LogP contribution is 2.60. The van der Waals surface area contributed by atoms with Gasteiger partial charge in [0.05, 0.1) is 19.4 Å². The van der Waals surface area contributed by atoms with Crippen molar-refractivity contribution < 1.29 is 66.6 Å². The first-order valence-electron chi connectivity index (χ1n) is 10.5. The number of hydrogen-bond donors (Lipinski definition) is 0. The van der Waals surface area contributed by atoms with E-state index >= 15 is 0 Å². The maximum Gasteiger partial charge on any atom is 0.460 e. The quantitative estimate of drug-likeness (QED) is 0.155. The van der Waals surface area contributed by atoms with Crippen molar-refractivity contribution in [2.75, 3.05) is 26.2 Å². The standard InChI is InChI=1S/C19H26F13NO2/c1-3-5-9-33(10-6-4-2)11-7-13(34)35-12-8-14(20,21)15(22,23)16(24,25)17(26,27)18(28,29)19(30,31)32/h3-12H2,1-2H3. The van der Waals surface area contributed by atoms with Gasteiger partial charge in [-0.15, -0.1) is 0 Å². The van der Waals surface area contributed by atoms with Crippen molar-refractivity contribution in [2.24, 2.45) is 0 Å². The zero-order valence-corrected chi connectivity index (χ0v) is 18.7. The van der Waals surface area contributed by atoms with Gasteiger partial charge in [0.15, 0.2) is 0 Å². The second kappa shape index (κ2) is 12.2. The Hall–Kier alpha value is -1.48. The highest BCUT2D eigenvalue weighted by atomic mass is 19.4. The molecule has 0 rings (SSSR count). The summed E-state index contributed by atoms with van der Waals surface area (Å²) in [4.78, 5) is 13.5. The molecule has 0 heterocycles. The molecule has 0 amide bonds. The molecule has 210 valence electrons. The van der Waals surface area contributed by atoms with Crippen LogP contribution in [0.3, 0.4) is 0 Å². The van der Waals surface area contributed by atoms with Crippen LogP contribution in [0.15, 0.2) is 0 Å². The third kappa shape index (κ3) is 7.51. The molecule has 0 aromatic heterocycles. The molecule has 0 aromatic rings. The fourth-order valence-corrected chi connectivity index (χ4v) is 2.67. The SMILES string of the molecule is CCCCN(CCCC)CCC(=O)OCCC(F)(F)C(F)(F)C(F)(F)C(F)(F)C(F)(F)C(F)(F)F. The van der Waals surface area contributed by atoms with Crippen LogP contribution in [0.1, 0.15) is 52.4 Å². The molecule has 0 saturated heterocycles. The maximum atomic E-state index is 13.7. The molecule has 0 saturated carbocycles. The summed E-state index contributed by atoms with van der Waals surface area (Å²) in [5, 5.41) is 0. The third-order valence-electron chi connectivity index (χ3n) is 4.97. The number of rotatable bonds is 16. The second-order valence-electron chi connectivity index (χ2n) is 7.77. The molecule has 3 nitrogen and oxygen atoms in total. The maximum absolute atomic E-state index is 13.7. The van der Waals surface area contributed by atoms with Crippen LogP contribution in [0.5, 0.6) is 0 Å². The van der Waals surface area contributed by atoms with Crippen LogP contribution in [0.25, 0.3) is 0 Å². The Morgan fingerprint density at radius 2 is 1.09 bits per heavy atom. The molecule has 0 aromatic carbocycles. The molecular weight excluding hydrogens is 521 g/mol. The van der Waals surface area contributed by atoms with Gasteiger partial charge in [-0.2, -0.15) is 57.1 Å². The van der Waals surface area contributed by atoms with Gasteiger partial charge >= 0.3 is 41.8 Å². The van der Waals surface area contributed by atoms with Gasteiger partial charge in [0, 0.05) is 6.54 Å². The molecule has 0 N–H and O–H groups in total. The summed E-state index contributed by atoms with van der Waals surface area (Å²) in [6.07, 6.45) is -7.29. The lowest BCUT2D eigenvalue weighted by molar-refractivity contribution is -0.440. The van der Waals surface area contributed by atoms with E-state index in [4.69, 9.17) is 0 Å². The summed E-state index contributed by atoms with van der Waals surface area (Å²) in [7, 11) is 0. The van der Waals surface area contributed by atoms with E-state index in [1.54, 1.807) is 0 Å². The molecule has 0 fully saturated rings. The second-order valence-corrected chi connectivity index (χ2v) is 7.77. The zero-order valence-electron chi connectivity index (χ0n) is 18.7. The minimum atomic E-state index is -7.94. The monoisotopic (exact) mass is 547 g/mol. The van der Waals surface area contributed by atoms with E-state index in [1.807, 2.05) is 18.7 Å². The first kappa shape index (κ1) is 33.5. The minimum absolute atomic E-state index is 0.0716. The first-order valence-corrected chi connectivity index (χ1v) is 10.5. The van der Waals surface area contributed by atoms with Crippen LogP contribution < -0.4 is 0 Å². The van der Waals surface area contributed by atoms with E-state index in [2.05, 4.69) is 4.74 Å². The summed E-state index contributed by atoms with van der Waals surface area (Å²) in [5.41, 5.74) is 0. The van der Waals surface area contributed by atoms with Gasteiger partial charge in [0.1, 0.15) is 0 Å². The number of alkyl halides is 13. The van der Waals surface area contributed by atoms with E-state index in [0.29, 0.717) is 13.1 Å². The number of nitrogens with zero attached hydrogens (tertiary/aromatic N) is 1. The number of carbonyl (C=O) groups is 1. The van der Waals surface area contributed by atoms with Crippen LogP contribution in [0.4, 0.5) is 57.1 Å². The number of unbranched alkanes of at least 4 members (excludes halogenated alkanes) is 2. The van der Waals surface area contributed by atoms with Crippen molar-refractivity contribution in [1.29, 1.82) is 0 Å². The number of hydrogen-bond acceptors (Lipinski definition) is 3. The summed E-state index contributed by atoms with van der Waals surface area (Å²) >= 11 is 0. The molecule has 0 aliphatic heterocycles. The molecule has 0 radical (unpaired) electrons. The van der Waals surface area contributed by atoms with Gasteiger partial charge in [0.25, 0.3) is 0 Å². The van der Waals surface area contributed by atoms with Crippen molar-refractivity contribution in [3.63, 3.8) is 0 Å². The Morgan fingerprint density at radius 3 is 1.49 bits per heavy atom. The fraction of sp³-hybridized carbons (Fsp3) is 0.947. The summed E-state index contributed by atoms with van der Waals surface area (Å²) in [5.74, 6) is -38.4. The number of halogens is 13. The normalized spacial score (nSPS) is 14.5. The van der Waals surface area contributed by atoms with Crippen LogP contribution in [0, 0.1) is 0 Å². The van der Waals surface area contributed by atoms with Crippen molar-refractivity contribution in [3.8, 4) is 0 Å². The molecule has 0 bridgehead atoms. The van der Waals surface area contributed by atoms with E-state index in [0.717, 1.165) is 25.7 Å². The molecule has 0 spiro atoms. The van der Waals surface area contributed by atoms with Crippen LogP contribution >= 0.6 is 0 Å². The summed E-state index contributed by atoms with van der Waals surface area (Å²) in [6, 6.07) is 0. The van der Waals surface area contributed by atoms with Gasteiger partial charge < -0.3 is 9.64 Å². The lowest BCUT2D eigenvalue weighted by Gasteiger charge is -2.39. The van der Waals surface area contributed by atoms with Gasteiger partial charge in [-0.25, -0.2) is 0 Å². The molecular formula is C19H26F13NO2. The predicted octanol–water partition coefficient (Wildman–Crippen LogP) is 6.95. The summed E-state index contributed by atoms with van der Waals surface area (Å²) < 4.78 is 174.